The maximum Gasteiger partial charge on any atom is 0.0638 e. The topological polar surface area (TPSA) is 12.0 Å². The predicted octanol–water partition coefficient (Wildman–Crippen LogP) is 5.23. The molecule has 2 rings (SSSR count). The van der Waals surface area contributed by atoms with Crippen LogP contribution in [0.2, 0.25) is 10.0 Å². The van der Waals surface area contributed by atoms with Crippen molar-refractivity contribution < 1.29 is 0 Å². The van der Waals surface area contributed by atoms with Crippen LogP contribution < -0.4 is 5.32 Å². The van der Waals surface area contributed by atoms with Gasteiger partial charge in [0.05, 0.1) is 10.7 Å². The maximum absolute atomic E-state index is 6.08. The lowest BCUT2D eigenvalue weighted by atomic mass is 10.1. The lowest BCUT2D eigenvalue weighted by Gasteiger charge is -2.15. The molecule has 0 fully saturated rings. The lowest BCUT2D eigenvalue weighted by molar-refractivity contribution is 0.891. The first-order chi connectivity index (χ1) is 7.66. The van der Waals surface area contributed by atoms with Crippen LogP contribution in [0.15, 0.2) is 35.0 Å². The van der Waals surface area contributed by atoms with E-state index in [-0.39, 0.29) is 6.04 Å². The predicted molar refractivity (Wildman–Crippen MR) is 72.8 cm³/mol. The average Bonchev–Trinajstić information content (AvgIpc) is 2.76. The first kappa shape index (κ1) is 11.8. The van der Waals surface area contributed by atoms with Crippen molar-refractivity contribution in [3.8, 4) is 0 Å². The molecule has 2 aromatic rings. The van der Waals surface area contributed by atoms with Crippen LogP contribution >= 0.6 is 34.5 Å². The lowest BCUT2D eigenvalue weighted by Crippen LogP contribution is -2.05. The van der Waals surface area contributed by atoms with Crippen molar-refractivity contribution >= 4 is 40.2 Å². The third-order valence-corrected chi connectivity index (χ3v) is 3.61. The molecule has 84 valence electrons. The molecule has 1 atom stereocenters. The summed E-state index contributed by atoms with van der Waals surface area (Å²) in [7, 11) is 0. The van der Waals surface area contributed by atoms with Crippen LogP contribution in [0.4, 0.5) is 5.69 Å². The van der Waals surface area contributed by atoms with Gasteiger partial charge in [0.15, 0.2) is 0 Å². The number of nitrogens with one attached hydrogen (secondary N) is 1. The van der Waals surface area contributed by atoms with E-state index < -0.39 is 0 Å². The van der Waals surface area contributed by atoms with E-state index in [1.54, 1.807) is 23.5 Å². The van der Waals surface area contributed by atoms with Crippen molar-refractivity contribution in [1.82, 2.24) is 0 Å². The fourth-order valence-corrected chi connectivity index (χ4v) is 2.54. The Bertz CT molecular complexity index is 468. The Morgan fingerprint density at radius 3 is 2.75 bits per heavy atom. The molecule has 1 nitrogen and oxygen atoms in total. The zero-order valence-corrected chi connectivity index (χ0v) is 11.0. The fraction of sp³-hybridized carbons (Fsp3) is 0.167. The molecule has 16 heavy (non-hydrogen) atoms. The van der Waals surface area contributed by atoms with Crippen LogP contribution in [0, 0.1) is 0 Å². The summed E-state index contributed by atoms with van der Waals surface area (Å²) in [5.41, 5.74) is 2.12. The molecule has 0 aliphatic heterocycles. The van der Waals surface area contributed by atoms with Gasteiger partial charge in [-0.05, 0) is 47.5 Å². The molecule has 0 saturated heterocycles. The van der Waals surface area contributed by atoms with Crippen molar-refractivity contribution in [2.24, 2.45) is 0 Å². The highest BCUT2D eigenvalue weighted by atomic mass is 35.5. The molecule has 0 aliphatic carbocycles. The normalized spacial score (nSPS) is 12.4. The number of benzene rings is 1. The molecule has 1 aromatic heterocycles. The van der Waals surface area contributed by atoms with Crippen LogP contribution in [0.1, 0.15) is 18.5 Å². The standard InChI is InChI=1S/C12H11Cl2NS/c1-8(9-4-5-16-7-9)15-12-6-10(13)2-3-11(12)14/h2-8,15H,1H3. The van der Waals surface area contributed by atoms with Crippen molar-refractivity contribution in [2.45, 2.75) is 13.0 Å². The fourth-order valence-electron chi connectivity index (χ4n) is 1.45. The third-order valence-electron chi connectivity index (χ3n) is 2.34. The minimum absolute atomic E-state index is 0.224. The Balaban J connectivity index is 2.17. The van der Waals surface area contributed by atoms with Crippen LogP contribution in [0.3, 0.4) is 0 Å². The van der Waals surface area contributed by atoms with Crippen LogP contribution in [0.25, 0.3) is 0 Å². The summed E-state index contributed by atoms with van der Waals surface area (Å²) in [6.45, 7) is 2.10. The molecule has 0 spiro atoms. The van der Waals surface area contributed by atoms with Gasteiger partial charge >= 0.3 is 0 Å². The molecule has 1 N–H and O–H groups in total. The summed E-state index contributed by atoms with van der Waals surface area (Å²) in [5.74, 6) is 0. The number of halogens is 2. The molecule has 1 heterocycles. The second-order valence-corrected chi connectivity index (χ2v) is 5.17. The number of anilines is 1. The second-order valence-electron chi connectivity index (χ2n) is 3.55. The first-order valence-corrected chi connectivity index (χ1v) is 6.60. The molecule has 0 aliphatic rings. The third kappa shape index (κ3) is 2.70. The number of hydrogen-bond donors (Lipinski definition) is 1. The molecule has 1 unspecified atom stereocenters. The van der Waals surface area contributed by atoms with Gasteiger partial charge in [-0.25, -0.2) is 0 Å². The Labute approximate surface area is 109 Å². The highest BCUT2D eigenvalue weighted by molar-refractivity contribution is 7.08. The summed E-state index contributed by atoms with van der Waals surface area (Å²) in [6, 6.07) is 7.74. The average molecular weight is 272 g/mol. The van der Waals surface area contributed by atoms with Gasteiger partial charge in [-0.15, -0.1) is 0 Å². The Morgan fingerprint density at radius 1 is 1.25 bits per heavy atom. The van der Waals surface area contributed by atoms with Gasteiger partial charge in [-0.1, -0.05) is 23.2 Å². The largest absolute Gasteiger partial charge is 0.377 e. The van der Waals surface area contributed by atoms with Gasteiger partial charge in [-0.2, -0.15) is 11.3 Å². The number of thiophene rings is 1. The molecular formula is C12H11Cl2NS. The SMILES string of the molecule is CC(Nc1cc(Cl)ccc1Cl)c1ccsc1. The van der Waals surface area contributed by atoms with E-state index >= 15 is 0 Å². The Morgan fingerprint density at radius 2 is 2.06 bits per heavy atom. The maximum atomic E-state index is 6.08. The van der Waals surface area contributed by atoms with E-state index in [0.717, 1.165) is 5.69 Å². The van der Waals surface area contributed by atoms with Gasteiger partial charge < -0.3 is 5.32 Å². The van der Waals surface area contributed by atoms with Crippen LogP contribution in [0.5, 0.6) is 0 Å². The van der Waals surface area contributed by atoms with Gasteiger partial charge in [-0.3, -0.25) is 0 Å². The van der Waals surface area contributed by atoms with Crippen molar-refractivity contribution in [3.05, 3.63) is 50.6 Å². The van der Waals surface area contributed by atoms with E-state index in [4.69, 9.17) is 23.2 Å². The zero-order valence-electron chi connectivity index (χ0n) is 8.71. The second kappa shape index (κ2) is 5.09. The molecular weight excluding hydrogens is 261 g/mol. The number of rotatable bonds is 3. The Hall–Kier alpha value is -0.700. The van der Waals surface area contributed by atoms with E-state index in [2.05, 4.69) is 29.1 Å². The summed E-state index contributed by atoms with van der Waals surface area (Å²) >= 11 is 13.7. The van der Waals surface area contributed by atoms with Crippen molar-refractivity contribution in [3.63, 3.8) is 0 Å². The van der Waals surface area contributed by atoms with Crippen molar-refractivity contribution in [1.29, 1.82) is 0 Å². The monoisotopic (exact) mass is 271 g/mol. The van der Waals surface area contributed by atoms with Gasteiger partial charge in [0.1, 0.15) is 0 Å². The van der Waals surface area contributed by atoms with E-state index in [1.807, 2.05) is 6.07 Å². The first-order valence-electron chi connectivity index (χ1n) is 4.90. The van der Waals surface area contributed by atoms with Crippen molar-refractivity contribution in [2.75, 3.05) is 5.32 Å². The smallest absolute Gasteiger partial charge is 0.0638 e. The molecule has 0 amide bonds. The minimum atomic E-state index is 0.224. The van der Waals surface area contributed by atoms with Crippen LogP contribution in [-0.4, -0.2) is 0 Å². The van der Waals surface area contributed by atoms with E-state index in [1.165, 1.54) is 5.56 Å². The van der Waals surface area contributed by atoms with E-state index in [0.29, 0.717) is 10.0 Å². The molecule has 0 saturated carbocycles. The highest BCUT2D eigenvalue weighted by Gasteiger charge is 2.08. The minimum Gasteiger partial charge on any atom is -0.377 e. The highest BCUT2D eigenvalue weighted by Crippen LogP contribution is 2.29. The van der Waals surface area contributed by atoms with Gasteiger partial charge in [0.25, 0.3) is 0 Å². The zero-order chi connectivity index (χ0) is 11.5. The van der Waals surface area contributed by atoms with Gasteiger partial charge in [0.2, 0.25) is 0 Å². The molecule has 4 heteroatoms. The molecule has 1 aromatic carbocycles. The summed E-state index contributed by atoms with van der Waals surface area (Å²) in [6.07, 6.45) is 0. The van der Waals surface area contributed by atoms with E-state index in [9.17, 15) is 0 Å². The van der Waals surface area contributed by atoms with Crippen LogP contribution in [-0.2, 0) is 0 Å². The summed E-state index contributed by atoms with van der Waals surface area (Å²) < 4.78 is 0. The molecule has 0 bridgehead atoms. The number of hydrogen-bond acceptors (Lipinski definition) is 2. The summed E-state index contributed by atoms with van der Waals surface area (Å²) in [5, 5.41) is 8.90. The Kier molecular flexibility index (Phi) is 3.74. The summed E-state index contributed by atoms with van der Waals surface area (Å²) in [4.78, 5) is 0. The molecule has 0 radical (unpaired) electrons. The van der Waals surface area contributed by atoms with Gasteiger partial charge in [0, 0.05) is 11.1 Å². The quantitative estimate of drug-likeness (QED) is 0.806.